The fourth-order valence-corrected chi connectivity index (χ4v) is 7.50. The predicted molar refractivity (Wildman–Crippen MR) is 215 cm³/mol. The Hall–Kier alpha value is -6.61. The van der Waals surface area contributed by atoms with Crippen LogP contribution in [0.25, 0.3) is 79.3 Å². The molecule has 2 aromatic heterocycles. The van der Waals surface area contributed by atoms with Gasteiger partial charge in [0.2, 0.25) is 0 Å². The van der Waals surface area contributed by atoms with Crippen LogP contribution < -0.4 is 0 Å². The molecule has 0 N–H and O–H groups in total. The van der Waals surface area contributed by atoms with Crippen molar-refractivity contribution in [1.29, 1.82) is 0 Å². The Bertz CT molecular complexity index is 2650. The maximum atomic E-state index is 6.63. The molecule has 2 heterocycles. The van der Waals surface area contributed by atoms with E-state index in [0.29, 0.717) is 17.5 Å². The van der Waals surface area contributed by atoms with Gasteiger partial charge >= 0.3 is 0 Å². The van der Waals surface area contributed by atoms with Crippen LogP contribution in [0.5, 0.6) is 0 Å². The third-order valence-electron chi connectivity index (χ3n) is 9.90. The highest BCUT2D eigenvalue weighted by molar-refractivity contribution is 6.04. The van der Waals surface area contributed by atoms with Gasteiger partial charge < -0.3 is 4.42 Å². The van der Waals surface area contributed by atoms with Gasteiger partial charge in [-0.2, -0.15) is 0 Å². The Morgan fingerprint density at radius 2 is 1.63 bits per heavy atom. The predicted octanol–water partition coefficient (Wildman–Crippen LogP) is 12.3. The topological polar surface area (TPSA) is 51.8 Å². The molecule has 0 amide bonds. The molecule has 3 aliphatic rings. The fraction of sp³-hybridized carbons (Fsp3) is 0.0833. The molecule has 9 rings (SSSR count). The first-order chi connectivity index (χ1) is 25.7. The quantitative estimate of drug-likeness (QED) is 0.125. The summed E-state index contributed by atoms with van der Waals surface area (Å²) < 4.78 is 6.63. The molecule has 6 aromatic rings. The first-order valence-corrected chi connectivity index (χ1v) is 17.8. The zero-order valence-electron chi connectivity index (χ0n) is 28.9. The van der Waals surface area contributed by atoms with E-state index in [0.717, 1.165) is 69.4 Å². The average molecular weight is 670 g/mol. The zero-order chi connectivity index (χ0) is 35.0. The number of rotatable bonds is 7. The lowest BCUT2D eigenvalue weighted by atomic mass is 9.91. The number of benzene rings is 4. The summed E-state index contributed by atoms with van der Waals surface area (Å²) in [4.78, 5) is 15.3. The summed E-state index contributed by atoms with van der Waals surface area (Å²) in [7, 11) is 0. The number of hydrogen-bond acceptors (Lipinski definition) is 4. The second kappa shape index (κ2) is 13.3. The Morgan fingerprint density at radius 1 is 0.808 bits per heavy atom. The van der Waals surface area contributed by atoms with Crippen LogP contribution in [0.1, 0.15) is 53.6 Å². The first kappa shape index (κ1) is 31.4. The van der Waals surface area contributed by atoms with E-state index in [9.17, 15) is 0 Å². The van der Waals surface area contributed by atoms with E-state index in [1.807, 2.05) is 49.5 Å². The third kappa shape index (κ3) is 5.56. The molecule has 0 saturated heterocycles. The highest BCUT2D eigenvalue weighted by Gasteiger charge is 2.26. The van der Waals surface area contributed by atoms with E-state index >= 15 is 0 Å². The second-order valence-electron chi connectivity index (χ2n) is 13.2. The van der Waals surface area contributed by atoms with E-state index in [4.69, 9.17) is 19.4 Å². The summed E-state index contributed by atoms with van der Waals surface area (Å²) in [5.41, 5.74) is 17.4. The van der Waals surface area contributed by atoms with E-state index in [1.165, 1.54) is 33.4 Å². The SMILES string of the molecule is C=C/C=C(\C=C/C)c1nc(-c2ccc(C3=CCCC=C3)cc2)nc(-c2cc3c(c(-c4cccc5c6c(oc45)C=CC=C=C6)c2)-c2ccccc2C3)n1. The number of furan rings is 1. The van der Waals surface area contributed by atoms with Crippen molar-refractivity contribution < 1.29 is 4.42 Å². The van der Waals surface area contributed by atoms with Gasteiger partial charge in [0.25, 0.3) is 0 Å². The van der Waals surface area contributed by atoms with E-state index in [-0.39, 0.29) is 0 Å². The molecular weight excluding hydrogens is 635 g/mol. The van der Waals surface area contributed by atoms with Crippen molar-refractivity contribution in [1.82, 2.24) is 15.0 Å². The first-order valence-electron chi connectivity index (χ1n) is 17.8. The highest BCUT2D eigenvalue weighted by atomic mass is 16.3. The van der Waals surface area contributed by atoms with Gasteiger partial charge in [-0.05, 0) is 95.5 Å². The monoisotopic (exact) mass is 669 g/mol. The van der Waals surface area contributed by atoms with Gasteiger partial charge in [0.15, 0.2) is 17.5 Å². The fourth-order valence-electron chi connectivity index (χ4n) is 7.50. The smallest absolute Gasteiger partial charge is 0.164 e. The summed E-state index contributed by atoms with van der Waals surface area (Å²) in [5.74, 6) is 2.65. The van der Waals surface area contributed by atoms with Gasteiger partial charge in [0, 0.05) is 33.2 Å². The third-order valence-corrected chi connectivity index (χ3v) is 9.90. The minimum Gasteiger partial charge on any atom is -0.455 e. The lowest BCUT2D eigenvalue weighted by molar-refractivity contribution is 0.604. The second-order valence-corrected chi connectivity index (χ2v) is 13.2. The number of aromatic nitrogens is 3. The molecule has 4 nitrogen and oxygen atoms in total. The lowest BCUT2D eigenvalue weighted by Crippen LogP contribution is -2.03. The van der Waals surface area contributed by atoms with Crippen LogP contribution in [0.3, 0.4) is 0 Å². The van der Waals surface area contributed by atoms with Crippen molar-refractivity contribution in [2.75, 3.05) is 0 Å². The molecule has 0 spiro atoms. The summed E-state index contributed by atoms with van der Waals surface area (Å²) in [6.07, 6.45) is 25.3. The number of para-hydroxylation sites is 1. The molecule has 52 heavy (non-hydrogen) atoms. The maximum Gasteiger partial charge on any atom is 0.164 e. The van der Waals surface area contributed by atoms with Crippen LogP contribution in [0, 0.1) is 0 Å². The van der Waals surface area contributed by atoms with Crippen LogP contribution in [0.15, 0.2) is 150 Å². The normalized spacial score (nSPS) is 14.4. The van der Waals surface area contributed by atoms with Crippen molar-refractivity contribution in [2.45, 2.75) is 26.2 Å². The van der Waals surface area contributed by atoms with Gasteiger partial charge in [-0.25, -0.2) is 15.0 Å². The molecule has 0 fully saturated rings. The summed E-state index contributed by atoms with van der Waals surface area (Å²) in [6.45, 7) is 5.96. The van der Waals surface area contributed by atoms with Crippen LogP contribution >= 0.6 is 0 Å². The van der Waals surface area contributed by atoms with Gasteiger partial charge in [-0.3, -0.25) is 0 Å². The Labute approximate surface area is 303 Å². The number of fused-ring (bicyclic) bond motifs is 6. The Kier molecular flexibility index (Phi) is 8.00. The highest BCUT2D eigenvalue weighted by Crippen LogP contribution is 2.47. The molecule has 0 bridgehead atoms. The number of nitrogens with zero attached hydrogens (tertiary/aromatic N) is 3. The zero-order valence-corrected chi connectivity index (χ0v) is 28.9. The van der Waals surface area contributed by atoms with Gasteiger partial charge in [0.1, 0.15) is 11.3 Å². The molecule has 0 radical (unpaired) electrons. The molecule has 248 valence electrons. The van der Waals surface area contributed by atoms with Crippen molar-refractivity contribution in [2.24, 2.45) is 0 Å². The largest absolute Gasteiger partial charge is 0.455 e. The maximum absolute atomic E-state index is 6.63. The molecule has 0 saturated carbocycles. The van der Waals surface area contributed by atoms with E-state index in [1.54, 1.807) is 6.08 Å². The average Bonchev–Trinajstić information content (AvgIpc) is 3.66. The van der Waals surface area contributed by atoms with Crippen LogP contribution in [0.4, 0.5) is 0 Å². The van der Waals surface area contributed by atoms with Crippen LogP contribution in [-0.4, -0.2) is 15.0 Å². The standard InChI is InChI=1S/C48H35N3O/c1-3-14-33(15-4-2)46-49-47(34-26-24-32(25-27-34)31-16-7-5-8-17-31)51-48(50-46)37-29-36-28-35-18-11-12-19-38(35)44(36)42(30-37)41-22-13-21-40-39-20-9-6-10-23-43(39)52-45(40)41/h3-4,6-7,10-27,29-30H,1,5,8,28H2,2H3/b15-4-,33-14+. The lowest BCUT2D eigenvalue weighted by Gasteiger charge is -2.15. The van der Waals surface area contributed by atoms with Crippen molar-refractivity contribution in [3.63, 3.8) is 0 Å². The molecule has 0 unspecified atom stereocenters. The molecule has 0 atom stereocenters. The molecule has 0 aliphatic heterocycles. The van der Waals surface area contributed by atoms with Gasteiger partial charge in [0.05, 0.1) is 0 Å². The Morgan fingerprint density at radius 3 is 2.46 bits per heavy atom. The molecule has 4 aromatic carbocycles. The van der Waals surface area contributed by atoms with Crippen LogP contribution in [-0.2, 0) is 6.42 Å². The Balaban J connectivity index is 1.26. The van der Waals surface area contributed by atoms with Gasteiger partial charge in [-0.15, -0.1) is 5.73 Å². The number of hydrogen-bond donors (Lipinski definition) is 0. The minimum absolute atomic E-state index is 0.592. The molecule has 4 heteroatoms. The van der Waals surface area contributed by atoms with E-state index in [2.05, 4.69) is 109 Å². The molecular formula is C48H35N3O. The van der Waals surface area contributed by atoms with Crippen molar-refractivity contribution in [3.8, 4) is 45.0 Å². The summed E-state index contributed by atoms with van der Waals surface area (Å²) in [5, 5.41) is 1.06. The van der Waals surface area contributed by atoms with Crippen molar-refractivity contribution in [3.05, 3.63) is 180 Å². The van der Waals surface area contributed by atoms with E-state index < -0.39 is 0 Å². The minimum atomic E-state index is 0.592. The summed E-state index contributed by atoms with van der Waals surface area (Å²) >= 11 is 0. The molecule has 3 aliphatic carbocycles. The van der Waals surface area contributed by atoms with Crippen LogP contribution in [0.2, 0.25) is 0 Å². The number of allylic oxidation sites excluding steroid dienone is 11. The summed E-state index contributed by atoms with van der Waals surface area (Å²) in [6, 6.07) is 28.1. The van der Waals surface area contributed by atoms with Gasteiger partial charge in [-0.1, -0.05) is 122 Å². The van der Waals surface area contributed by atoms with Crippen molar-refractivity contribution >= 4 is 34.3 Å².